The van der Waals surface area contributed by atoms with Crippen molar-refractivity contribution >= 4 is 11.6 Å². The molecule has 106 valence electrons. The van der Waals surface area contributed by atoms with Gasteiger partial charge in [0, 0.05) is 0 Å². The van der Waals surface area contributed by atoms with Gasteiger partial charge in [0.25, 0.3) is 0 Å². The van der Waals surface area contributed by atoms with Gasteiger partial charge in [-0.3, -0.25) is 0 Å². The highest BCUT2D eigenvalue weighted by atomic mass is 35.5. The Bertz CT molecular complexity index is 582. The Labute approximate surface area is 122 Å². The third-order valence-electron chi connectivity index (χ3n) is 3.11. The number of hydrogen-bond acceptors (Lipinski definition) is 1. The third kappa shape index (κ3) is 3.48. The van der Waals surface area contributed by atoms with Crippen molar-refractivity contribution in [1.82, 2.24) is 0 Å². The molecular weight excluding hydrogens is 282 g/mol. The molecule has 1 nitrogen and oxygen atoms in total. The second-order valence-corrected chi connectivity index (χ2v) is 5.11. The van der Waals surface area contributed by atoms with Gasteiger partial charge in [0.15, 0.2) is 0 Å². The zero-order valence-corrected chi connectivity index (χ0v) is 12.0. The van der Waals surface area contributed by atoms with Crippen LogP contribution in [0.25, 0.3) is 0 Å². The summed E-state index contributed by atoms with van der Waals surface area (Å²) in [4.78, 5) is 0. The van der Waals surface area contributed by atoms with Crippen LogP contribution in [0.2, 0.25) is 0 Å². The fraction of sp³-hybridized carbons (Fsp3) is 0.250. The monoisotopic (exact) mass is 296 g/mol. The molecule has 0 saturated heterocycles. The van der Waals surface area contributed by atoms with Crippen molar-refractivity contribution < 1.29 is 13.5 Å². The zero-order valence-electron chi connectivity index (χ0n) is 11.2. The molecule has 0 amide bonds. The number of benzene rings is 2. The molecule has 0 aromatic heterocycles. The molecule has 0 spiro atoms. The van der Waals surface area contributed by atoms with Gasteiger partial charge in [-0.15, -0.1) is 11.6 Å². The molecule has 0 aliphatic rings. The third-order valence-corrected chi connectivity index (χ3v) is 3.59. The molecule has 1 atom stereocenters. The molecule has 0 N–H and O–H groups in total. The van der Waals surface area contributed by atoms with Gasteiger partial charge in [0.1, 0.15) is 5.75 Å². The summed E-state index contributed by atoms with van der Waals surface area (Å²) in [5.41, 5.74) is 4.11. The van der Waals surface area contributed by atoms with Crippen molar-refractivity contribution in [3.05, 3.63) is 64.7 Å². The maximum atomic E-state index is 12.1. The average Bonchev–Trinajstić information content (AvgIpc) is 2.41. The van der Waals surface area contributed by atoms with Crippen molar-refractivity contribution in [2.24, 2.45) is 0 Å². The average molecular weight is 297 g/mol. The molecule has 1 unspecified atom stereocenters. The van der Waals surface area contributed by atoms with Crippen LogP contribution in [0.15, 0.2) is 42.5 Å². The van der Waals surface area contributed by atoms with Crippen LogP contribution >= 0.6 is 11.6 Å². The molecule has 0 bridgehead atoms. The molecule has 2 aromatic carbocycles. The van der Waals surface area contributed by atoms with E-state index < -0.39 is 6.61 Å². The summed E-state index contributed by atoms with van der Waals surface area (Å²) in [6, 6.07) is 12.5. The summed E-state index contributed by atoms with van der Waals surface area (Å²) < 4.78 is 28.5. The van der Waals surface area contributed by atoms with Crippen LogP contribution in [0.1, 0.15) is 27.6 Å². The van der Waals surface area contributed by atoms with Gasteiger partial charge in [-0.1, -0.05) is 35.9 Å². The molecule has 0 saturated carbocycles. The molecular formula is C16H15ClF2O. The SMILES string of the molecule is Cc1ccc(C)c(C(Cl)c2ccc(OC(F)F)cc2)c1. The van der Waals surface area contributed by atoms with E-state index in [1.165, 1.54) is 12.1 Å². The maximum Gasteiger partial charge on any atom is 0.387 e. The summed E-state index contributed by atoms with van der Waals surface area (Å²) in [6.45, 7) is 1.19. The summed E-state index contributed by atoms with van der Waals surface area (Å²) >= 11 is 6.48. The van der Waals surface area contributed by atoms with Crippen LogP contribution < -0.4 is 4.74 Å². The second kappa shape index (κ2) is 6.23. The summed E-state index contributed by atoms with van der Waals surface area (Å²) in [5.74, 6) is 0.133. The Morgan fingerprint density at radius 1 is 1.00 bits per heavy atom. The van der Waals surface area contributed by atoms with E-state index in [-0.39, 0.29) is 11.1 Å². The van der Waals surface area contributed by atoms with Gasteiger partial charge in [-0.2, -0.15) is 8.78 Å². The Morgan fingerprint density at radius 2 is 1.65 bits per heavy atom. The maximum absolute atomic E-state index is 12.1. The first kappa shape index (κ1) is 14.8. The quantitative estimate of drug-likeness (QED) is 0.702. The molecule has 0 aliphatic heterocycles. The summed E-state index contributed by atoms with van der Waals surface area (Å²) in [6.07, 6.45) is 0. The zero-order chi connectivity index (χ0) is 14.7. The highest BCUT2D eigenvalue weighted by molar-refractivity contribution is 6.22. The Morgan fingerprint density at radius 3 is 2.25 bits per heavy atom. The lowest BCUT2D eigenvalue weighted by Gasteiger charge is -2.14. The summed E-state index contributed by atoms with van der Waals surface area (Å²) in [7, 11) is 0. The van der Waals surface area contributed by atoms with Crippen LogP contribution in [-0.4, -0.2) is 6.61 Å². The Balaban J connectivity index is 2.24. The van der Waals surface area contributed by atoms with E-state index in [1.54, 1.807) is 12.1 Å². The number of alkyl halides is 3. The van der Waals surface area contributed by atoms with Gasteiger partial charge in [0.2, 0.25) is 0 Å². The highest BCUT2D eigenvalue weighted by Crippen LogP contribution is 2.32. The fourth-order valence-electron chi connectivity index (χ4n) is 2.03. The molecule has 20 heavy (non-hydrogen) atoms. The molecule has 2 rings (SSSR count). The lowest BCUT2D eigenvalue weighted by molar-refractivity contribution is -0.0498. The highest BCUT2D eigenvalue weighted by Gasteiger charge is 2.14. The topological polar surface area (TPSA) is 9.23 Å². The summed E-state index contributed by atoms with van der Waals surface area (Å²) in [5, 5.41) is -0.310. The first-order valence-corrected chi connectivity index (χ1v) is 6.67. The van der Waals surface area contributed by atoms with E-state index in [0.717, 1.165) is 22.3 Å². The second-order valence-electron chi connectivity index (χ2n) is 4.67. The number of hydrogen-bond donors (Lipinski definition) is 0. The lowest BCUT2D eigenvalue weighted by Crippen LogP contribution is -2.02. The van der Waals surface area contributed by atoms with E-state index in [0.29, 0.717) is 0 Å². The van der Waals surface area contributed by atoms with E-state index in [4.69, 9.17) is 11.6 Å². The molecule has 4 heteroatoms. The van der Waals surface area contributed by atoms with Crippen molar-refractivity contribution in [3.63, 3.8) is 0 Å². The van der Waals surface area contributed by atoms with Crippen molar-refractivity contribution in [2.75, 3.05) is 0 Å². The van der Waals surface area contributed by atoms with E-state index >= 15 is 0 Å². The molecule has 2 aromatic rings. The number of ether oxygens (including phenoxy) is 1. The number of aryl methyl sites for hydroxylation is 2. The van der Waals surface area contributed by atoms with Gasteiger partial charge in [-0.25, -0.2) is 0 Å². The first-order valence-electron chi connectivity index (χ1n) is 6.23. The number of rotatable bonds is 4. The van der Waals surface area contributed by atoms with Crippen LogP contribution in [0, 0.1) is 13.8 Å². The molecule has 0 fully saturated rings. The standard InChI is InChI=1S/C16H15ClF2O/c1-10-3-4-11(2)14(9-10)15(17)12-5-7-13(8-6-12)20-16(18)19/h3-9,15-16H,1-2H3. The van der Waals surface area contributed by atoms with Gasteiger partial charge < -0.3 is 4.74 Å². The normalized spacial score (nSPS) is 12.5. The molecule has 0 aliphatic carbocycles. The van der Waals surface area contributed by atoms with Gasteiger partial charge >= 0.3 is 6.61 Å². The Kier molecular flexibility index (Phi) is 4.61. The largest absolute Gasteiger partial charge is 0.435 e. The van der Waals surface area contributed by atoms with Crippen molar-refractivity contribution in [2.45, 2.75) is 25.8 Å². The van der Waals surface area contributed by atoms with Gasteiger partial charge in [-0.05, 0) is 42.7 Å². The lowest BCUT2D eigenvalue weighted by atomic mass is 9.98. The minimum Gasteiger partial charge on any atom is -0.435 e. The fourth-order valence-corrected chi connectivity index (χ4v) is 2.41. The predicted octanol–water partition coefficient (Wildman–Crippen LogP) is 5.23. The van der Waals surface area contributed by atoms with E-state index in [2.05, 4.69) is 4.74 Å². The van der Waals surface area contributed by atoms with Crippen LogP contribution in [0.4, 0.5) is 8.78 Å². The minimum absolute atomic E-state index is 0.133. The van der Waals surface area contributed by atoms with Crippen LogP contribution in [0.5, 0.6) is 5.75 Å². The van der Waals surface area contributed by atoms with Crippen molar-refractivity contribution in [3.8, 4) is 5.75 Å². The smallest absolute Gasteiger partial charge is 0.387 e. The Hall–Kier alpha value is -1.61. The number of halogens is 3. The van der Waals surface area contributed by atoms with Crippen LogP contribution in [0.3, 0.4) is 0 Å². The van der Waals surface area contributed by atoms with E-state index in [9.17, 15) is 8.78 Å². The van der Waals surface area contributed by atoms with Gasteiger partial charge in [0.05, 0.1) is 5.38 Å². The predicted molar refractivity (Wildman–Crippen MR) is 76.7 cm³/mol. The minimum atomic E-state index is -2.81. The molecule has 0 heterocycles. The van der Waals surface area contributed by atoms with E-state index in [1.807, 2.05) is 32.0 Å². The first-order chi connectivity index (χ1) is 9.47. The van der Waals surface area contributed by atoms with Crippen molar-refractivity contribution in [1.29, 1.82) is 0 Å². The molecule has 0 radical (unpaired) electrons. The van der Waals surface area contributed by atoms with Crippen LogP contribution in [-0.2, 0) is 0 Å².